The summed E-state index contributed by atoms with van der Waals surface area (Å²) in [7, 11) is 3.43. The zero-order valence-electron chi connectivity index (χ0n) is 24.8. The summed E-state index contributed by atoms with van der Waals surface area (Å²) in [4.78, 5) is 30.4. The number of nitrogens with zero attached hydrogens (tertiary/aromatic N) is 3. The summed E-state index contributed by atoms with van der Waals surface area (Å²) in [6, 6.07) is 14.5. The second-order valence-corrected chi connectivity index (χ2v) is 12.7. The third kappa shape index (κ3) is 10.0. The van der Waals surface area contributed by atoms with Gasteiger partial charge < -0.3 is 17.2 Å². The third-order valence-electron chi connectivity index (χ3n) is 7.16. The molecule has 42 heavy (non-hydrogen) atoms. The normalized spacial score (nSPS) is 15.0. The van der Waals surface area contributed by atoms with Crippen LogP contribution in [0.3, 0.4) is 0 Å². The summed E-state index contributed by atoms with van der Waals surface area (Å²) in [5, 5.41) is 0. The first-order valence-corrected chi connectivity index (χ1v) is 16.0. The molecule has 230 valence electrons. The smallest absolute Gasteiger partial charge is 0.358 e. The molecule has 5 nitrogen and oxygen atoms in total. The van der Waals surface area contributed by atoms with E-state index in [4.69, 9.17) is 0 Å². The van der Waals surface area contributed by atoms with E-state index in [9.17, 15) is 27.2 Å². The van der Waals surface area contributed by atoms with Crippen LogP contribution >= 0.6 is 20.7 Å². The molecule has 2 aromatic rings. The molecule has 0 aromatic heterocycles. The van der Waals surface area contributed by atoms with Crippen molar-refractivity contribution in [2.24, 2.45) is 0 Å². The van der Waals surface area contributed by atoms with Crippen molar-refractivity contribution in [1.82, 2.24) is 9.80 Å². The van der Waals surface area contributed by atoms with E-state index in [1.807, 2.05) is 37.3 Å². The molecule has 0 saturated carbocycles. The zero-order valence-corrected chi connectivity index (χ0v) is 31.1. The van der Waals surface area contributed by atoms with Gasteiger partial charge in [0.1, 0.15) is 0 Å². The van der Waals surface area contributed by atoms with Crippen LogP contribution in [-0.2, 0) is 30.6 Å². The number of unbranched alkanes of at least 4 members (excludes halogenated alkanes) is 1. The van der Waals surface area contributed by atoms with Gasteiger partial charge in [-0.3, -0.25) is 9.69 Å². The first-order valence-electron chi connectivity index (χ1n) is 13.4. The van der Waals surface area contributed by atoms with Crippen LogP contribution in [0.15, 0.2) is 36.4 Å². The number of carbonyl (C=O) groups excluding carboxylic acids is 2. The molecule has 0 spiro atoms. The van der Waals surface area contributed by atoms with E-state index in [1.165, 1.54) is 0 Å². The maximum atomic E-state index is 14.3. The molecule has 3 rings (SSSR count). The first-order chi connectivity index (χ1) is 18.9. The SMILES string of the molecule is C=IC(F)(CCCCc1cc(N2CCCN(Cc3[c-]cc(CC(=O)N(C)C)cc3)C2=O)ccc1CC)C(F)(F)F.[CH3-].[U+2]. The third-order valence-corrected chi connectivity index (χ3v) is 9.52. The van der Waals surface area contributed by atoms with Gasteiger partial charge in [0.25, 0.3) is 0 Å². The topological polar surface area (TPSA) is 43.9 Å². The van der Waals surface area contributed by atoms with E-state index in [0.29, 0.717) is 38.9 Å². The Balaban J connectivity index is 0.00000441. The fraction of sp³-hybridized carbons (Fsp3) is 0.484. The van der Waals surface area contributed by atoms with E-state index in [-0.39, 0.29) is 56.9 Å². The molecule has 1 aliphatic heterocycles. The molecule has 0 radical (unpaired) electrons. The van der Waals surface area contributed by atoms with Crippen molar-refractivity contribution in [3.05, 3.63) is 72.1 Å². The maximum absolute atomic E-state index is 14.3. The van der Waals surface area contributed by atoms with Gasteiger partial charge in [-0.2, -0.15) is 37.4 Å². The number of halogens is 5. The van der Waals surface area contributed by atoms with Crippen molar-refractivity contribution in [3.63, 3.8) is 0 Å². The molecule has 3 amide bonds. The first kappa shape index (κ1) is 38.6. The second kappa shape index (κ2) is 17.1. The Hall–Kier alpha value is -1.45. The molecule has 1 unspecified atom stereocenters. The maximum Gasteiger partial charge on any atom is 2.00 e. The summed E-state index contributed by atoms with van der Waals surface area (Å²) in [5.41, 5.74) is 4.51. The average Bonchev–Trinajstić information content (AvgIpc) is 2.92. The van der Waals surface area contributed by atoms with Gasteiger partial charge >= 0.3 is 43.3 Å². The standard InChI is InChI=1S/C30H37F4IN3O2.CH3.U/c1-5-24-14-15-26(20-25(24)9-6-7-16-29(31,35-2)30(32,33)34)38-18-8-17-37(28(38)40)21-23-12-10-22(11-13-23)19-27(39)36(3)4;;/h10-12,14-15,20H,2,5-9,16-19,21H2,1,3-4H3;1H3;/q2*-1;+2. The molecule has 1 fully saturated rings. The molecular weight excluding hydrogens is 887 g/mol. The summed E-state index contributed by atoms with van der Waals surface area (Å²) in [5.74, 6) is 0.00729. The van der Waals surface area contributed by atoms with Crippen molar-refractivity contribution in [2.45, 2.75) is 68.3 Å². The van der Waals surface area contributed by atoms with Gasteiger partial charge in [0.05, 0.1) is 0 Å². The van der Waals surface area contributed by atoms with Gasteiger partial charge in [-0.1, -0.05) is 38.2 Å². The van der Waals surface area contributed by atoms with E-state index in [0.717, 1.165) is 40.8 Å². The van der Waals surface area contributed by atoms with E-state index in [1.54, 1.807) is 34.9 Å². The minimum Gasteiger partial charge on any atom is -0.358 e. The molecule has 0 N–H and O–H groups in total. The number of alkyl halides is 5. The second-order valence-electron chi connectivity index (χ2n) is 10.2. The van der Waals surface area contributed by atoms with Crippen LogP contribution in [0, 0.1) is 44.6 Å². The molecule has 11 heteroatoms. The molecule has 1 aliphatic rings. The fourth-order valence-corrected chi connectivity index (χ4v) is 5.90. The number of aryl methyl sites for hydroxylation is 2. The van der Waals surface area contributed by atoms with Gasteiger partial charge in [-0.05, 0) is 61.8 Å². The fourth-order valence-electron chi connectivity index (χ4n) is 4.71. The van der Waals surface area contributed by atoms with Crippen molar-refractivity contribution in [3.8, 4) is 0 Å². The van der Waals surface area contributed by atoms with Gasteiger partial charge in [-0.25, -0.2) is 9.18 Å². The predicted octanol–water partition coefficient (Wildman–Crippen LogP) is 7.31. The molecule has 1 saturated heterocycles. The van der Waals surface area contributed by atoms with Crippen LogP contribution in [0.5, 0.6) is 0 Å². The molecule has 1 heterocycles. The Morgan fingerprint density at radius 3 is 2.38 bits per heavy atom. The van der Waals surface area contributed by atoms with Gasteiger partial charge in [0, 0.05) is 45.8 Å². The number of benzene rings is 2. The number of rotatable bonds is 12. The zero-order chi connectivity index (χ0) is 29.5. The summed E-state index contributed by atoms with van der Waals surface area (Å²) in [6.45, 7) is 3.59. The Labute approximate surface area is 281 Å². The minimum absolute atomic E-state index is 0. The van der Waals surface area contributed by atoms with E-state index in [2.05, 4.69) is 10.6 Å². The number of hydrogen-bond acceptors (Lipinski definition) is 2. The molecule has 1 atom stereocenters. The van der Waals surface area contributed by atoms with Crippen molar-refractivity contribution < 1.29 is 58.3 Å². The number of amides is 3. The van der Waals surface area contributed by atoms with Crippen LogP contribution in [0.2, 0.25) is 0 Å². The van der Waals surface area contributed by atoms with Gasteiger partial charge in [-0.15, -0.1) is 11.1 Å². The number of urea groups is 1. The van der Waals surface area contributed by atoms with E-state index < -0.39 is 37.0 Å². The van der Waals surface area contributed by atoms with Crippen LogP contribution in [0.25, 0.3) is 0 Å². The largest absolute Gasteiger partial charge is 2.00 e. The number of hydrogen-bond donors (Lipinski definition) is 0. The quantitative estimate of drug-likeness (QED) is 0.0738. The van der Waals surface area contributed by atoms with Crippen LogP contribution in [-0.4, -0.2) is 63.3 Å². The summed E-state index contributed by atoms with van der Waals surface area (Å²) >= 11 is -1.87. The van der Waals surface area contributed by atoms with Crippen molar-refractivity contribution in [1.29, 1.82) is 0 Å². The van der Waals surface area contributed by atoms with Crippen LogP contribution in [0.4, 0.5) is 28.0 Å². The van der Waals surface area contributed by atoms with Crippen LogP contribution < -0.4 is 4.90 Å². The number of likely N-dealkylation sites (N-methyl/N-ethyl adjacent to an activating group) is 1. The van der Waals surface area contributed by atoms with Gasteiger partial charge in [0.2, 0.25) is 9.58 Å². The molecule has 0 bridgehead atoms. The van der Waals surface area contributed by atoms with Crippen molar-refractivity contribution >= 4 is 42.9 Å². The average molecular weight is 928 g/mol. The Morgan fingerprint density at radius 2 is 1.81 bits per heavy atom. The minimum atomic E-state index is -4.87. The van der Waals surface area contributed by atoms with Gasteiger partial charge in [0.15, 0.2) is 0 Å². The molecule has 2 aromatic carbocycles. The monoisotopic (exact) mass is 927 g/mol. The Morgan fingerprint density at radius 1 is 1.10 bits per heavy atom. The molecule has 0 aliphatic carbocycles. The Kier molecular flexibility index (Phi) is 15.7. The number of carbonyl (C=O) groups is 2. The van der Waals surface area contributed by atoms with Crippen molar-refractivity contribution in [2.75, 3.05) is 32.1 Å². The van der Waals surface area contributed by atoms with E-state index >= 15 is 0 Å². The molecular formula is C31H40F4IN3O2U. The Bertz CT molecular complexity index is 1190. The summed E-state index contributed by atoms with van der Waals surface area (Å²) in [6.07, 6.45) is -2.53. The number of anilines is 1. The van der Waals surface area contributed by atoms with Crippen LogP contribution in [0.1, 0.15) is 54.9 Å². The predicted molar refractivity (Wildman–Crippen MR) is 166 cm³/mol. The summed E-state index contributed by atoms with van der Waals surface area (Å²) < 4.78 is 53.7.